The Bertz CT molecular complexity index is 662. The lowest BCUT2D eigenvalue weighted by molar-refractivity contribution is 0.101. The van der Waals surface area contributed by atoms with E-state index in [0.717, 1.165) is 22.1 Å². The molecule has 0 aliphatic carbocycles. The van der Waals surface area contributed by atoms with Crippen molar-refractivity contribution in [3.8, 4) is 0 Å². The minimum absolute atomic E-state index is 0.0865. The van der Waals surface area contributed by atoms with Crippen molar-refractivity contribution in [2.75, 3.05) is 4.90 Å². The molecule has 1 aliphatic rings. The van der Waals surface area contributed by atoms with E-state index in [1.54, 1.807) is 6.92 Å². The van der Waals surface area contributed by atoms with Gasteiger partial charge in [-0.2, -0.15) is 4.37 Å². The first-order valence-electron chi connectivity index (χ1n) is 6.03. The highest BCUT2D eigenvalue weighted by molar-refractivity contribution is 7.09. The van der Waals surface area contributed by atoms with Gasteiger partial charge in [-0.1, -0.05) is 18.2 Å². The number of hydrogen-bond acceptors (Lipinski definition) is 5. The molecule has 96 valence electrons. The van der Waals surface area contributed by atoms with Crippen LogP contribution in [0.25, 0.3) is 0 Å². The van der Waals surface area contributed by atoms with E-state index >= 15 is 0 Å². The summed E-state index contributed by atoms with van der Waals surface area (Å²) in [5.41, 5.74) is 1.84. The van der Waals surface area contributed by atoms with Crippen molar-refractivity contribution in [3.05, 3.63) is 53.5 Å². The Kier molecular flexibility index (Phi) is 2.91. The second-order valence-corrected chi connectivity index (χ2v) is 5.23. The summed E-state index contributed by atoms with van der Waals surface area (Å²) in [7, 11) is 0. The normalized spacial score (nSPS) is 17.4. The van der Waals surface area contributed by atoms with Crippen LogP contribution in [0.4, 0.5) is 5.13 Å². The smallest absolute Gasteiger partial charge is 0.210 e. The molecule has 3 rings (SSSR count). The van der Waals surface area contributed by atoms with Gasteiger partial charge in [-0.05, 0) is 31.6 Å². The Morgan fingerprint density at radius 1 is 1.42 bits per heavy atom. The van der Waals surface area contributed by atoms with Gasteiger partial charge < -0.3 is 4.90 Å². The molecule has 1 aromatic carbocycles. The third kappa shape index (κ3) is 2.17. The van der Waals surface area contributed by atoms with E-state index in [2.05, 4.69) is 20.3 Å². The van der Waals surface area contributed by atoms with Crippen molar-refractivity contribution in [2.45, 2.75) is 19.9 Å². The number of aryl methyl sites for hydroxylation is 1. The molecular formula is C14H13N3OS. The molecule has 0 saturated carbocycles. The number of nitrogens with zero attached hydrogens (tertiary/aromatic N) is 3. The van der Waals surface area contributed by atoms with Crippen LogP contribution in [0.1, 0.15) is 34.7 Å². The number of anilines is 1. The largest absolute Gasteiger partial charge is 0.312 e. The Hall–Kier alpha value is -2.01. The number of carbonyl (C=O) groups is 1. The van der Waals surface area contributed by atoms with E-state index in [1.807, 2.05) is 37.4 Å². The third-order valence-electron chi connectivity index (χ3n) is 3.10. The van der Waals surface area contributed by atoms with Crippen LogP contribution in [0.15, 0.2) is 36.5 Å². The van der Waals surface area contributed by atoms with Gasteiger partial charge >= 0.3 is 0 Å². The highest BCUT2D eigenvalue weighted by atomic mass is 32.1. The van der Waals surface area contributed by atoms with E-state index in [4.69, 9.17) is 0 Å². The number of Topliss-reactive ketones (excluding diaryl/α,β-unsaturated/α-hetero) is 1. The molecule has 1 aromatic heterocycles. The molecule has 0 N–H and O–H groups in total. The maximum atomic E-state index is 11.4. The van der Waals surface area contributed by atoms with Gasteiger partial charge in [0.05, 0.1) is 6.04 Å². The minimum Gasteiger partial charge on any atom is -0.312 e. The van der Waals surface area contributed by atoms with Crippen LogP contribution in [-0.2, 0) is 0 Å². The fourth-order valence-electron chi connectivity index (χ4n) is 2.05. The van der Waals surface area contributed by atoms with E-state index in [-0.39, 0.29) is 11.8 Å². The van der Waals surface area contributed by atoms with E-state index < -0.39 is 0 Å². The van der Waals surface area contributed by atoms with Gasteiger partial charge in [-0.15, -0.1) is 0 Å². The summed E-state index contributed by atoms with van der Waals surface area (Å²) in [5.74, 6) is 0.875. The van der Waals surface area contributed by atoms with Crippen molar-refractivity contribution in [1.29, 1.82) is 0 Å². The first-order chi connectivity index (χ1) is 9.15. The number of carbonyl (C=O) groups excluding carboxylic acids is 1. The van der Waals surface area contributed by atoms with E-state index in [1.165, 1.54) is 11.5 Å². The molecule has 0 spiro atoms. The fourth-order valence-corrected chi connectivity index (χ4v) is 2.74. The molecular weight excluding hydrogens is 258 g/mol. The lowest BCUT2D eigenvalue weighted by Crippen LogP contribution is -2.29. The fraction of sp³-hybridized carbons (Fsp3) is 0.214. The molecule has 2 aromatic rings. The highest BCUT2D eigenvalue weighted by Crippen LogP contribution is 2.36. The SMILES string of the molecule is CC(=O)c1cccc(C2C=CN2c2nc(C)ns2)c1. The predicted octanol–water partition coefficient (Wildman–Crippen LogP) is 3.12. The van der Waals surface area contributed by atoms with Gasteiger partial charge in [-0.25, -0.2) is 4.98 Å². The average Bonchev–Trinajstić information content (AvgIpc) is 2.74. The van der Waals surface area contributed by atoms with Crippen molar-refractivity contribution < 1.29 is 4.79 Å². The molecule has 0 amide bonds. The molecule has 0 bridgehead atoms. The number of rotatable bonds is 3. The summed E-state index contributed by atoms with van der Waals surface area (Å²) < 4.78 is 4.19. The molecule has 2 heterocycles. The Labute approximate surface area is 115 Å². The first-order valence-corrected chi connectivity index (χ1v) is 6.80. The standard InChI is InChI=1S/C14H13N3OS/c1-9(18)11-4-3-5-12(8-11)13-6-7-17(13)14-15-10(2)16-19-14/h3-8,13H,1-2H3. The third-order valence-corrected chi connectivity index (χ3v) is 3.92. The summed E-state index contributed by atoms with van der Waals surface area (Å²) in [4.78, 5) is 17.9. The highest BCUT2D eigenvalue weighted by Gasteiger charge is 2.26. The lowest BCUT2D eigenvalue weighted by atomic mass is 9.98. The van der Waals surface area contributed by atoms with Gasteiger partial charge in [0.1, 0.15) is 5.82 Å². The number of aromatic nitrogens is 2. The topological polar surface area (TPSA) is 46.1 Å². The summed E-state index contributed by atoms with van der Waals surface area (Å²) in [6, 6.07) is 7.88. The maximum absolute atomic E-state index is 11.4. The van der Waals surface area contributed by atoms with Gasteiger partial charge in [0.25, 0.3) is 0 Å². The number of benzene rings is 1. The van der Waals surface area contributed by atoms with Crippen LogP contribution in [0.2, 0.25) is 0 Å². The Morgan fingerprint density at radius 3 is 2.84 bits per heavy atom. The Morgan fingerprint density at radius 2 is 2.26 bits per heavy atom. The van der Waals surface area contributed by atoms with E-state index in [9.17, 15) is 4.79 Å². The van der Waals surface area contributed by atoms with Crippen molar-refractivity contribution in [2.24, 2.45) is 0 Å². The van der Waals surface area contributed by atoms with Crippen molar-refractivity contribution in [1.82, 2.24) is 9.36 Å². The molecule has 0 saturated heterocycles. The summed E-state index contributed by atoms with van der Waals surface area (Å²) in [6.07, 6.45) is 4.08. The van der Waals surface area contributed by atoms with Gasteiger partial charge in [0.15, 0.2) is 5.78 Å². The second-order valence-electron chi connectivity index (χ2n) is 4.50. The van der Waals surface area contributed by atoms with Crippen LogP contribution in [-0.4, -0.2) is 15.1 Å². The zero-order chi connectivity index (χ0) is 13.4. The molecule has 1 aliphatic heterocycles. The average molecular weight is 271 g/mol. The zero-order valence-electron chi connectivity index (χ0n) is 10.7. The molecule has 19 heavy (non-hydrogen) atoms. The van der Waals surface area contributed by atoms with Crippen LogP contribution >= 0.6 is 11.5 Å². The monoisotopic (exact) mass is 271 g/mol. The maximum Gasteiger partial charge on any atom is 0.210 e. The summed E-state index contributed by atoms with van der Waals surface area (Å²) >= 11 is 1.39. The van der Waals surface area contributed by atoms with Crippen LogP contribution < -0.4 is 4.90 Å². The zero-order valence-corrected chi connectivity index (χ0v) is 11.5. The van der Waals surface area contributed by atoms with Crippen LogP contribution in [0, 0.1) is 6.92 Å². The molecule has 4 nitrogen and oxygen atoms in total. The van der Waals surface area contributed by atoms with Gasteiger partial charge in [0.2, 0.25) is 5.13 Å². The number of ketones is 1. The number of hydrogen-bond donors (Lipinski definition) is 0. The van der Waals surface area contributed by atoms with Crippen molar-refractivity contribution in [3.63, 3.8) is 0 Å². The van der Waals surface area contributed by atoms with Crippen LogP contribution in [0.3, 0.4) is 0 Å². The summed E-state index contributed by atoms with van der Waals surface area (Å²) in [5, 5.41) is 0.887. The second kappa shape index (κ2) is 4.59. The molecule has 0 fully saturated rings. The van der Waals surface area contributed by atoms with Gasteiger partial charge in [-0.3, -0.25) is 4.79 Å². The van der Waals surface area contributed by atoms with Crippen molar-refractivity contribution >= 4 is 22.4 Å². The quantitative estimate of drug-likeness (QED) is 0.805. The Balaban J connectivity index is 1.89. The lowest BCUT2D eigenvalue weighted by Gasteiger charge is -2.33. The van der Waals surface area contributed by atoms with Crippen LogP contribution in [0.5, 0.6) is 0 Å². The molecule has 1 atom stereocenters. The molecule has 5 heteroatoms. The van der Waals surface area contributed by atoms with E-state index in [0.29, 0.717) is 0 Å². The molecule has 1 unspecified atom stereocenters. The molecule has 0 radical (unpaired) electrons. The first kappa shape index (κ1) is 12.0. The minimum atomic E-state index is 0.0865. The van der Waals surface area contributed by atoms with Gasteiger partial charge in [0, 0.05) is 23.3 Å². The summed E-state index contributed by atoms with van der Waals surface area (Å²) in [6.45, 7) is 3.47. The predicted molar refractivity (Wildman–Crippen MR) is 75.5 cm³/mol.